The molecule has 2 amide bonds. The van der Waals surface area contributed by atoms with Crippen molar-refractivity contribution in [2.45, 2.75) is 6.54 Å². The van der Waals surface area contributed by atoms with Crippen LogP contribution in [0.3, 0.4) is 0 Å². The fourth-order valence-electron chi connectivity index (χ4n) is 2.95. The molecule has 3 rings (SSSR count). The standard InChI is InChI=1S/C21H25N7O4/c1-27(2)12-23-26-21(30)19-15-11-24-28(3)17(15)9-16(25-19)20(29)22-10-13-6-7-14(31-4)8-18(13)32-5/h6-9,11-12H,10H2,1-5H3,(H,22,29)(H,26,30)/b23-12+. The van der Waals surface area contributed by atoms with Gasteiger partial charge in [-0.3, -0.25) is 14.3 Å². The highest BCUT2D eigenvalue weighted by Crippen LogP contribution is 2.24. The number of pyridine rings is 1. The second-order valence-corrected chi connectivity index (χ2v) is 7.07. The number of aryl methyl sites for hydroxylation is 1. The van der Waals surface area contributed by atoms with Crippen molar-refractivity contribution in [1.82, 2.24) is 30.4 Å². The van der Waals surface area contributed by atoms with Gasteiger partial charge < -0.3 is 19.7 Å². The highest BCUT2D eigenvalue weighted by atomic mass is 16.5. The van der Waals surface area contributed by atoms with E-state index in [9.17, 15) is 9.59 Å². The zero-order chi connectivity index (χ0) is 23.3. The van der Waals surface area contributed by atoms with Crippen LogP contribution < -0.4 is 20.2 Å². The molecular weight excluding hydrogens is 414 g/mol. The molecule has 0 aliphatic rings. The zero-order valence-corrected chi connectivity index (χ0v) is 18.5. The first-order valence-corrected chi connectivity index (χ1v) is 9.65. The van der Waals surface area contributed by atoms with Crippen LogP contribution in [0.1, 0.15) is 26.5 Å². The quantitative estimate of drug-likeness (QED) is 0.307. The summed E-state index contributed by atoms with van der Waals surface area (Å²) < 4.78 is 12.1. The van der Waals surface area contributed by atoms with E-state index in [1.54, 1.807) is 69.2 Å². The maximum atomic E-state index is 12.9. The van der Waals surface area contributed by atoms with Crippen LogP contribution in [0.4, 0.5) is 0 Å². The van der Waals surface area contributed by atoms with E-state index in [0.717, 1.165) is 5.56 Å². The average Bonchev–Trinajstić information content (AvgIpc) is 3.17. The van der Waals surface area contributed by atoms with E-state index in [4.69, 9.17) is 9.47 Å². The van der Waals surface area contributed by atoms with Gasteiger partial charge in [0.15, 0.2) is 0 Å². The molecule has 11 heteroatoms. The van der Waals surface area contributed by atoms with E-state index in [1.165, 1.54) is 12.5 Å². The van der Waals surface area contributed by atoms with Gasteiger partial charge in [-0.2, -0.15) is 10.2 Å². The lowest BCUT2D eigenvalue weighted by Crippen LogP contribution is -2.26. The van der Waals surface area contributed by atoms with Gasteiger partial charge in [0, 0.05) is 39.3 Å². The molecule has 168 valence electrons. The Morgan fingerprint density at radius 1 is 1.19 bits per heavy atom. The van der Waals surface area contributed by atoms with Crippen molar-refractivity contribution in [3.63, 3.8) is 0 Å². The molecule has 11 nitrogen and oxygen atoms in total. The highest BCUT2D eigenvalue weighted by molar-refractivity contribution is 6.07. The minimum atomic E-state index is -0.549. The Morgan fingerprint density at radius 3 is 2.66 bits per heavy atom. The fraction of sp³-hybridized carbons (Fsp3) is 0.286. The molecule has 3 aromatic rings. The number of fused-ring (bicyclic) bond motifs is 1. The molecule has 0 atom stereocenters. The molecular formula is C21H25N7O4. The molecule has 0 bridgehead atoms. The SMILES string of the molecule is COc1ccc(CNC(=O)c2cc3c(cnn3C)c(C(=O)N/N=C/N(C)C)n2)c(OC)c1. The van der Waals surface area contributed by atoms with Gasteiger partial charge in [-0.1, -0.05) is 0 Å². The molecule has 0 saturated heterocycles. The molecule has 32 heavy (non-hydrogen) atoms. The van der Waals surface area contributed by atoms with Crippen molar-refractivity contribution in [3.8, 4) is 11.5 Å². The van der Waals surface area contributed by atoms with Gasteiger partial charge in [-0.15, -0.1) is 0 Å². The number of nitrogens with one attached hydrogen (secondary N) is 2. The van der Waals surface area contributed by atoms with E-state index in [2.05, 4.69) is 25.9 Å². The molecule has 2 heterocycles. The van der Waals surface area contributed by atoms with Gasteiger partial charge in [-0.05, 0) is 18.2 Å². The van der Waals surface area contributed by atoms with Gasteiger partial charge in [-0.25, -0.2) is 10.4 Å². The number of hydrogen-bond donors (Lipinski definition) is 2. The third-order valence-corrected chi connectivity index (χ3v) is 4.58. The van der Waals surface area contributed by atoms with Gasteiger partial charge in [0.25, 0.3) is 11.8 Å². The zero-order valence-electron chi connectivity index (χ0n) is 18.5. The largest absolute Gasteiger partial charge is 0.497 e. The Labute approximate surface area is 185 Å². The predicted octanol–water partition coefficient (Wildman–Crippen LogP) is 1.15. The molecule has 2 aromatic heterocycles. The summed E-state index contributed by atoms with van der Waals surface area (Å²) in [6.45, 7) is 0.200. The minimum absolute atomic E-state index is 0.0543. The van der Waals surface area contributed by atoms with E-state index in [-0.39, 0.29) is 17.9 Å². The lowest BCUT2D eigenvalue weighted by Gasteiger charge is -2.12. The van der Waals surface area contributed by atoms with E-state index in [1.807, 2.05) is 0 Å². The van der Waals surface area contributed by atoms with Crippen molar-refractivity contribution in [2.24, 2.45) is 12.1 Å². The van der Waals surface area contributed by atoms with Gasteiger partial charge >= 0.3 is 0 Å². The minimum Gasteiger partial charge on any atom is -0.497 e. The number of rotatable bonds is 8. The third kappa shape index (κ3) is 4.94. The van der Waals surface area contributed by atoms with Gasteiger partial charge in [0.1, 0.15) is 29.2 Å². The number of benzene rings is 1. The normalized spacial score (nSPS) is 10.9. The van der Waals surface area contributed by atoms with Crippen molar-refractivity contribution < 1.29 is 19.1 Å². The third-order valence-electron chi connectivity index (χ3n) is 4.58. The Morgan fingerprint density at radius 2 is 1.97 bits per heavy atom. The Balaban J connectivity index is 1.86. The smallest absolute Gasteiger partial charge is 0.290 e. The number of carbonyl (C=O) groups is 2. The van der Waals surface area contributed by atoms with Gasteiger partial charge in [0.2, 0.25) is 0 Å². The highest BCUT2D eigenvalue weighted by Gasteiger charge is 2.19. The summed E-state index contributed by atoms with van der Waals surface area (Å²) >= 11 is 0. The summed E-state index contributed by atoms with van der Waals surface area (Å²) in [6.07, 6.45) is 2.97. The summed E-state index contributed by atoms with van der Waals surface area (Å²) in [5, 5.41) is 11.3. The number of hydrogen-bond acceptors (Lipinski definition) is 7. The molecule has 0 unspecified atom stereocenters. The van der Waals surface area contributed by atoms with Crippen LogP contribution in [0, 0.1) is 0 Å². The fourth-order valence-corrected chi connectivity index (χ4v) is 2.95. The predicted molar refractivity (Wildman–Crippen MR) is 119 cm³/mol. The average molecular weight is 439 g/mol. The van der Waals surface area contributed by atoms with E-state index < -0.39 is 11.8 Å². The number of carbonyl (C=O) groups excluding carboxylic acids is 2. The molecule has 0 spiro atoms. The second kappa shape index (κ2) is 9.77. The summed E-state index contributed by atoms with van der Waals surface area (Å²) in [4.78, 5) is 31.5. The number of aromatic nitrogens is 3. The van der Waals surface area contributed by atoms with Crippen LogP contribution in [-0.4, -0.2) is 66.1 Å². The molecule has 0 aliphatic carbocycles. The van der Waals surface area contributed by atoms with E-state index >= 15 is 0 Å². The Hall–Kier alpha value is -4.15. The maximum Gasteiger partial charge on any atom is 0.290 e. The molecule has 0 radical (unpaired) electrons. The summed E-state index contributed by atoms with van der Waals surface area (Å²) in [7, 11) is 8.38. The summed E-state index contributed by atoms with van der Waals surface area (Å²) in [5.74, 6) is 0.232. The summed E-state index contributed by atoms with van der Waals surface area (Å²) in [6, 6.07) is 6.90. The first kappa shape index (κ1) is 22.5. The monoisotopic (exact) mass is 439 g/mol. The number of ether oxygens (including phenoxy) is 2. The van der Waals surface area contributed by atoms with Crippen molar-refractivity contribution in [1.29, 1.82) is 0 Å². The lowest BCUT2D eigenvalue weighted by atomic mass is 10.1. The molecule has 1 aromatic carbocycles. The van der Waals surface area contributed by atoms with Crippen LogP contribution in [-0.2, 0) is 13.6 Å². The number of nitrogens with zero attached hydrogens (tertiary/aromatic N) is 5. The van der Waals surface area contributed by atoms with Crippen LogP contribution in [0.5, 0.6) is 11.5 Å². The number of methoxy groups -OCH3 is 2. The first-order chi connectivity index (χ1) is 15.3. The molecule has 0 saturated carbocycles. The molecule has 0 fully saturated rings. The van der Waals surface area contributed by atoms with Crippen LogP contribution in [0.2, 0.25) is 0 Å². The van der Waals surface area contributed by atoms with Crippen molar-refractivity contribution >= 4 is 29.1 Å². The second-order valence-electron chi connectivity index (χ2n) is 7.07. The van der Waals surface area contributed by atoms with Crippen LogP contribution >= 0.6 is 0 Å². The molecule has 0 aliphatic heterocycles. The Bertz CT molecular complexity index is 1170. The van der Waals surface area contributed by atoms with Crippen molar-refractivity contribution in [2.75, 3.05) is 28.3 Å². The van der Waals surface area contributed by atoms with Gasteiger partial charge in [0.05, 0.1) is 31.3 Å². The van der Waals surface area contributed by atoms with Crippen molar-refractivity contribution in [3.05, 3.63) is 47.4 Å². The molecule has 2 N–H and O–H groups in total. The Kier molecular flexibility index (Phi) is 6.88. The van der Waals surface area contributed by atoms with Crippen LogP contribution in [0.25, 0.3) is 10.9 Å². The van der Waals surface area contributed by atoms with Crippen LogP contribution in [0.15, 0.2) is 35.6 Å². The lowest BCUT2D eigenvalue weighted by molar-refractivity contribution is 0.0944. The van der Waals surface area contributed by atoms with E-state index in [0.29, 0.717) is 22.4 Å². The first-order valence-electron chi connectivity index (χ1n) is 9.65. The number of hydrazone groups is 1. The maximum absolute atomic E-state index is 12.9. The topological polar surface area (TPSA) is 123 Å². The number of amides is 2. The summed E-state index contributed by atoms with van der Waals surface area (Å²) in [5.41, 5.74) is 3.90.